The van der Waals surface area contributed by atoms with E-state index in [1.807, 2.05) is 19.1 Å². The Bertz CT molecular complexity index is 656. The van der Waals surface area contributed by atoms with Gasteiger partial charge >= 0.3 is 0 Å². The van der Waals surface area contributed by atoms with Crippen molar-refractivity contribution >= 4 is 15.9 Å². The van der Waals surface area contributed by atoms with Gasteiger partial charge in [0.15, 0.2) is 0 Å². The number of rotatable bonds is 8. The summed E-state index contributed by atoms with van der Waals surface area (Å²) in [6, 6.07) is 3.96. The molecule has 2 rings (SSSR count). The lowest BCUT2D eigenvalue weighted by molar-refractivity contribution is -0.120. The third kappa shape index (κ3) is 5.92. The van der Waals surface area contributed by atoms with Crippen molar-refractivity contribution < 1.29 is 17.6 Å². The van der Waals surface area contributed by atoms with E-state index < -0.39 is 10.0 Å². The topological polar surface area (TPSA) is 91.7 Å². The van der Waals surface area contributed by atoms with Crippen LogP contribution in [0.1, 0.15) is 31.3 Å². The number of aryl methyl sites for hydroxylation is 1. The van der Waals surface area contributed by atoms with Gasteiger partial charge in [-0.25, -0.2) is 13.1 Å². The van der Waals surface area contributed by atoms with Gasteiger partial charge in [0.1, 0.15) is 11.5 Å². The Hall–Kier alpha value is -1.38. The van der Waals surface area contributed by atoms with Gasteiger partial charge in [-0.1, -0.05) is 13.3 Å². The number of nitrogens with one attached hydrogen (secondary N) is 2. The fourth-order valence-electron chi connectivity index (χ4n) is 3.16. The number of hydrogen-bond donors (Lipinski definition) is 2. The number of likely N-dealkylation sites (tertiary alicyclic amines) is 1. The fraction of sp³-hybridized carbons (Fsp3) is 0.688. The van der Waals surface area contributed by atoms with Crippen LogP contribution >= 0.6 is 0 Å². The Morgan fingerprint density at radius 1 is 1.38 bits per heavy atom. The monoisotopic (exact) mass is 357 g/mol. The van der Waals surface area contributed by atoms with Crippen LogP contribution in [0.5, 0.6) is 0 Å². The second-order valence-corrected chi connectivity index (χ2v) is 8.36. The van der Waals surface area contributed by atoms with Gasteiger partial charge in [0.25, 0.3) is 0 Å². The molecule has 0 unspecified atom stereocenters. The van der Waals surface area contributed by atoms with Crippen molar-refractivity contribution in [3.63, 3.8) is 0 Å². The number of nitrogens with zero attached hydrogens (tertiary/aromatic N) is 1. The number of carbonyl (C=O) groups is 1. The molecule has 0 aromatic carbocycles. The predicted molar refractivity (Wildman–Crippen MR) is 91.9 cm³/mol. The first-order valence-corrected chi connectivity index (χ1v) is 10.2. The number of hydrogen-bond acceptors (Lipinski definition) is 5. The molecule has 1 aliphatic heterocycles. The minimum atomic E-state index is -3.36. The summed E-state index contributed by atoms with van der Waals surface area (Å²) in [6.45, 7) is 6.20. The van der Waals surface area contributed by atoms with Gasteiger partial charge in [-0.2, -0.15) is 0 Å². The highest BCUT2D eigenvalue weighted by atomic mass is 32.2. The number of carbonyl (C=O) groups excluding carboxylic acids is 1. The van der Waals surface area contributed by atoms with Gasteiger partial charge in [0, 0.05) is 19.1 Å². The summed E-state index contributed by atoms with van der Waals surface area (Å²) in [5.74, 6) is 1.90. The Labute approximate surface area is 143 Å². The van der Waals surface area contributed by atoms with Crippen molar-refractivity contribution in [2.75, 3.05) is 25.9 Å². The molecular formula is C16H27N3O4S. The second kappa shape index (κ2) is 8.13. The summed E-state index contributed by atoms with van der Waals surface area (Å²) in [6.07, 6.45) is 3.12. The zero-order valence-corrected chi connectivity index (χ0v) is 15.4. The number of sulfonamides is 1. The van der Waals surface area contributed by atoms with Gasteiger partial charge in [0.2, 0.25) is 15.9 Å². The molecule has 1 saturated heterocycles. The van der Waals surface area contributed by atoms with Crippen molar-refractivity contribution in [3.8, 4) is 0 Å². The molecule has 8 heteroatoms. The Kier molecular flexibility index (Phi) is 6.42. The summed E-state index contributed by atoms with van der Waals surface area (Å²) < 4.78 is 30.0. The van der Waals surface area contributed by atoms with Crippen LogP contribution in [0.25, 0.3) is 0 Å². The van der Waals surface area contributed by atoms with E-state index in [4.69, 9.17) is 4.42 Å². The van der Waals surface area contributed by atoms with Crippen LogP contribution in [0.2, 0.25) is 0 Å². The minimum Gasteiger partial charge on any atom is -0.465 e. The molecule has 1 aromatic rings. The fourth-order valence-corrected chi connectivity index (χ4v) is 3.55. The maximum Gasteiger partial charge on any atom is 0.235 e. The van der Waals surface area contributed by atoms with E-state index in [-0.39, 0.29) is 18.5 Å². The SMILES string of the molecule is CCC[C@@H]1CN(Cc2ccc(C)o2)C[C@H]1NC(=O)CNS(C)(=O)=O. The largest absolute Gasteiger partial charge is 0.465 e. The van der Waals surface area contributed by atoms with Crippen LogP contribution < -0.4 is 10.0 Å². The van der Waals surface area contributed by atoms with Crippen molar-refractivity contribution in [1.29, 1.82) is 0 Å². The molecule has 1 amide bonds. The van der Waals surface area contributed by atoms with Gasteiger partial charge < -0.3 is 9.73 Å². The Morgan fingerprint density at radius 3 is 2.71 bits per heavy atom. The Balaban J connectivity index is 1.90. The van der Waals surface area contributed by atoms with Crippen molar-refractivity contribution in [1.82, 2.24) is 14.9 Å². The molecule has 1 aliphatic rings. The van der Waals surface area contributed by atoms with E-state index in [0.717, 1.165) is 50.3 Å². The highest BCUT2D eigenvalue weighted by Crippen LogP contribution is 2.24. The summed E-state index contributed by atoms with van der Waals surface area (Å²) in [5, 5.41) is 2.97. The first-order valence-electron chi connectivity index (χ1n) is 8.28. The van der Waals surface area contributed by atoms with Gasteiger partial charge in [-0.05, 0) is 31.4 Å². The summed E-state index contributed by atoms with van der Waals surface area (Å²) in [7, 11) is -3.36. The molecule has 2 heterocycles. The number of furan rings is 1. The van der Waals surface area contributed by atoms with E-state index in [9.17, 15) is 13.2 Å². The molecule has 2 atom stereocenters. The van der Waals surface area contributed by atoms with Crippen LogP contribution in [-0.2, 0) is 21.4 Å². The zero-order chi connectivity index (χ0) is 17.7. The number of amides is 1. The lowest BCUT2D eigenvalue weighted by Gasteiger charge is -2.19. The molecular weight excluding hydrogens is 330 g/mol. The highest BCUT2D eigenvalue weighted by Gasteiger charge is 2.33. The van der Waals surface area contributed by atoms with Crippen molar-refractivity contribution in [2.45, 2.75) is 39.3 Å². The minimum absolute atomic E-state index is 0.0369. The van der Waals surface area contributed by atoms with Gasteiger partial charge in [-0.15, -0.1) is 0 Å². The van der Waals surface area contributed by atoms with Crippen molar-refractivity contribution in [2.24, 2.45) is 5.92 Å². The van der Waals surface area contributed by atoms with Crippen LogP contribution in [0.15, 0.2) is 16.5 Å². The molecule has 0 saturated carbocycles. The molecule has 136 valence electrons. The van der Waals surface area contributed by atoms with E-state index in [2.05, 4.69) is 21.9 Å². The maximum atomic E-state index is 12.0. The molecule has 24 heavy (non-hydrogen) atoms. The van der Waals surface area contributed by atoms with Crippen molar-refractivity contribution in [3.05, 3.63) is 23.7 Å². The molecule has 1 aromatic heterocycles. The van der Waals surface area contributed by atoms with Gasteiger partial charge in [0.05, 0.1) is 19.3 Å². The highest BCUT2D eigenvalue weighted by molar-refractivity contribution is 7.88. The maximum absolute atomic E-state index is 12.0. The Morgan fingerprint density at radius 2 is 2.12 bits per heavy atom. The van der Waals surface area contributed by atoms with Gasteiger partial charge in [-0.3, -0.25) is 9.69 Å². The predicted octanol–water partition coefficient (Wildman–Crippen LogP) is 0.854. The lowest BCUT2D eigenvalue weighted by Crippen LogP contribution is -2.45. The molecule has 2 N–H and O–H groups in total. The summed E-state index contributed by atoms with van der Waals surface area (Å²) in [4.78, 5) is 14.3. The molecule has 1 fully saturated rings. The summed E-state index contributed by atoms with van der Waals surface area (Å²) >= 11 is 0. The molecule has 0 spiro atoms. The third-order valence-corrected chi connectivity index (χ3v) is 4.86. The smallest absolute Gasteiger partial charge is 0.235 e. The molecule has 0 radical (unpaired) electrons. The van der Waals surface area contributed by atoms with E-state index in [0.29, 0.717) is 5.92 Å². The first kappa shape index (κ1) is 19.0. The normalized spacial score (nSPS) is 22.0. The van der Waals surface area contributed by atoms with Crippen LogP contribution in [0, 0.1) is 12.8 Å². The van der Waals surface area contributed by atoms with E-state index >= 15 is 0 Å². The zero-order valence-electron chi connectivity index (χ0n) is 14.5. The first-order chi connectivity index (χ1) is 11.3. The third-order valence-electron chi connectivity index (χ3n) is 4.19. The lowest BCUT2D eigenvalue weighted by atomic mass is 9.98. The van der Waals surface area contributed by atoms with Crippen LogP contribution in [0.3, 0.4) is 0 Å². The molecule has 0 bridgehead atoms. The average molecular weight is 357 g/mol. The quantitative estimate of drug-likeness (QED) is 0.720. The van der Waals surface area contributed by atoms with Crippen LogP contribution in [0.4, 0.5) is 0 Å². The standard InChI is InChI=1S/C16H27N3O4S/c1-4-5-13-9-19(10-14-7-6-12(2)23-14)11-15(13)18-16(20)8-17-24(3,21)22/h6-7,13,15,17H,4-5,8-11H2,1-3H3,(H,18,20)/t13-,15-/m1/s1. The summed E-state index contributed by atoms with van der Waals surface area (Å²) in [5.41, 5.74) is 0. The average Bonchev–Trinajstić information content (AvgIpc) is 3.04. The molecule has 7 nitrogen and oxygen atoms in total. The second-order valence-electron chi connectivity index (χ2n) is 6.52. The molecule has 0 aliphatic carbocycles. The van der Waals surface area contributed by atoms with Crippen LogP contribution in [-0.4, -0.2) is 51.2 Å². The van der Waals surface area contributed by atoms with E-state index in [1.54, 1.807) is 0 Å². The van der Waals surface area contributed by atoms with E-state index in [1.165, 1.54) is 0 Å².